The molecule has 0 aromatic rings. The summed E-state index contributed by atoms with van der Waals surface area (Å²) in [6, 6.07) is -0.298. The van der Waals surface area contributed by atoms with E-state index in [9.17, 15) is 19.2 Å². The Morgan fingerprint density at radius 2 is 1.90 bits per heavy atom. The van der Waals surface area contributed by atoms with E-state index in [4.69, 9.17) is 5.11 Å². The van der Waals surface area contributed by atoms with Gasteiger partial charge >= 0.3 is 5.97 Å². The minimum atomic E-state index is -0.911. The molecular formula is C13H16N2O5. The molecule has 0 bridgehead atoms. The van der Waals surface area contributed by atoms with Crippen LogP contribution in [-0.4, -0.2) is 46.3 Å². The average molecular weight is 280 g/mol. The summed E-state index contributed by atoms with van der Waals surface area (Å²) in [6.07, 6.45) is 4.02. The third-order valence-corrected chi connectivity index (χ3v) is 3.46. The number of nitrogens with one attached hydrogen (secondary N) is 1. The molecule has 1 aliphatic carbocycles. The van der Waals surface area contributed by atoms with Crippen molar-refractivity contribution in [2.24, 2.45) is 5.92 Å². The molecule has 2 aliphatic rings. The Morgan fingerprint density at radius 3 is 2.45 bits per heavy atom. The highest BCUT2D eigenvalue weighted by Gasteiger charge is 2.29. The van der Waals surface area contributed by atoms with Crippen LogP contribution in [0.3, 0.4) is 0 Å². The topological polar surface area (TPSA) is 104 Å². The molecule has 1 heterocycles. The van der Waals surface area contributed by atoms with Gasteiger partial charge in [0.05, 0.1) is 5.92 Å². The maximum Gasteiger partial charge on any atom is 0.310 e. The lowest BCUT2D eigenvalue weighted by atomic mass is 10.1. The summed E-state index contributed by atoms with van der Waals surface area (Å²) in [5.41, 5.74) is 0. The van der Waals surface area contributed by atoms with Gasteiger partial charge in [-0.3, -0.25) is 24.1 Å². The molecule has 0 aromatic heterocycles. The summed E-state index contributed by atoms with van der Waals surface area (Å²) in [6.45, 7) is 0.0856. The van der Waals surface area contributed by atoms with Crippen LogP contribution in [0.4, 0.5) is 0 Å². The number of likely N-dealkylation sites (tertiary alicyclic amines) is 1. The number of nitrogens with zero attached hydrogens (tertiary/aromatic N) is 1. The van der Waals surface area contributed by atoms with E-state index >= 15 is 0 Å². The summed E-state index contributed by atoms with van der Waals surface area (Å²) in [7, 11) is 0. The SMILES string of the molecule is O=C(CCN1C(=O)CCC1=O)NC1C=CC(C(=O)O)C1. The fourth-order valence-corrected chi connectivity index (χ4v) is 2.35. The highest BCUT2D eigenvalue weighted by Crippen LogP contribution is 2.18. The largest absolute Gasteiger partial charge is 0.481 e. The molecule has 7 nitrogen and oxygen atoms in total. The molecule has 2 N–H and O–H groups in total. The first-order valence-corrected chi connectivity index (χ1v) is 6.51. The molecule has 2 atom stereocenters. The number of carboxylic acids is 1. The molecule has 3 amide bonds. The summed E-state index contributed by atoms with van der Waals surface area (Å²) in [5, 5.41) is 11.5. The summed E-state index contributed by atoms with van der Waals surface area (Å²) < 4.78 is 0. The fraction of sp³-hybridized carbons (Fsp3) is 0.538. The number of hydrogen-bond donors (Lipinski definition) is 2. The van der Waals surface area contributed by atoms with Crippen molar-refractivity contribution in [3.8, 4) is 0 Å². The minimum absolute atomic E-state index is 0.0412. The van der Waals surface area contributed by atoms with Crippen molar-refractivity contribution in [1.29, 1.82) is 0 Å². The van der Waals surface area contributed by atoms with E-state index in [1.807, 2.05) is 0 Å². The van der Waals surface area contributed by atoms with Crippen molar-refractivity contribution in [2.75, 3.05) is 6.54 Å². The van der Waals surface area contributed by atoms with Crippen molar-refractivity contribution in [3.63, 3.8) is 0 Å². The first kappa shape index (κ1) is 14.2. The number of rotatable bonds is 5. The molecule has 2 rings (SSSR count). The Kier molecular flexibility index (Phi) is 4.16. The zero-order valence-corrected chi connectivity index (χ0v) is 10.9. The van der Waals surface area contributed by atoms with Gasteiger partial charge in [-0.15, -0.1) is 0 Å². The molecule has 2 unspecified atom stereocenters. The molecule has 0 spiro atoms. The van der Waals surface area contributed by atoms with Crippen LogP contribution < -0.4 is 5.32 Å². The molecule has 0 radical (unpaired) electrons. The lowest BCUT2D eigenvalue weighted by molar-refractivity contribution is -0.141. The Hall–Kier alpha value is -2.18. The second-order valence-corrected chi connectivity index (χ2v) is 4.93. The zero-order valence-electron chi connectivity index (χ0n) is 10.9. The highest BCUT2D eigenvalue weighted by molar-refractivity contribution is 6.02. The number of aliphatic carboxylic acids is 1. The van der Waals surface area contributed by atoms with Gasteiger partial charge in [0.1, 0.15) is 0 Å². The van der Waals surface area contributed by atoms with Crippen molar-refractivity contribution < 1.29 is 24.3 Å². The standard InChI is InChI=1S/C13H16N2O5/c16-10(5-6-15-11(17)3-4-12(15)18)14-9-2-1-8(7-9)13(19)20/h1-2,8-9H,3-7H2,(H,14,16)(H,19,20). The van der Waals surface area contributed by atoms with E-state index in [1.165, 1.54) is 0 Å². The van der Waals surface area contributed by atoms with E-state index < -0.39 is 11.9 Å². The predicted octanol–water partition coefficient (Wildman–Crippen LogP) is -0.329. The summed E-state index contributed by atoms with van der Waals surface area (Å²) in [4.78, 5) is 46.3. The van der Waals surface area contributed by atoms with Gasteiger partial charge in [-0.2, -0.15) is 0 Å². The highest BCUT2D eigenvalue weighted by atomic mass is 16.4. The third-order valence-electron chi connectivity index (χ3n) is 3.46. The number of hydrogen-bond acceptors (Lipinski definition) is 4. The predicted molar refractivity (Wildman–Crippen MR) is 67.4 cm³/mol. The van der Waals surface area contributed by atoms with Crippen LogP contribution in [0.1, 0.15) is 25.7 Å². The smallest absolute Gasteiger partial charge is 0.310 e. The number of carbonyl (C=O) groups excluding carboxylic acids is 3. The molecule has 1 fully saturated rings. The normalized spacial score (nSPS) is 25.3. The van der Waals surface area contributed by atoms with E-state index in [-0.39, 0.29) is 49.6 Å². The minimum Gasteiger partial charge on any atom is -0.481 e. The molecular weight excluding hydrogens is 264 g/mol. The van der Waals surface area contributed by atoms with Crippen LogP contribution >= 0.6 is 0 Å². The first-order chi connectivity index (χ1) is 9.47. The van der Waals surface area contributed by atoms with Crippen LogP contribution in [0, 0.1) is 5.92 Å². The van der Waals surface area contributed by atoms with Gasteiger partial charge in [0.2, 0.25) is 17.7 Å². The van der Waals surface area contributed by atoms with Crippen molar-refractivity contribution in [2.45, 2.75) is 31.7 Å². The van der Waals surface area contributed by atoms with Gasteiger partial charge in [-0.25, -0.2) is 0 Å². The Morgan fingerprint density at radius 1 is 1.25 bits per heavy atom. The average Bonchev–Trinajstić information content (AvgIpc) is 2.96. The Balaban J connectivity index is 1.74. The zero-order chi connectivity index (χ0) is 14.7. The lowest BCUT2D eigenvalue weighted by Gasteiger charge is -2.15. The van der Waals surface area contributed by atoms with E-state index in [1.54, 1.807) is 12.2 Å². The Labute approximate surface area is 115 Å². The van der Waals surface area contributed by atoms with Gasteiger partial charge in [0.15, 0.2) is 0 Å². The second kappa shape index (κ2) is 5.85. The van der Waals surface area contributed by atoms with E-state index in [0.29, 0.717) is 6.42 Å². The molecule has 0 aromatic carbocycles. The quantitative estimate of drug-likeness (QED) is 0.530. The molecule has 1 saturated heterocycles. The number of carboxylic acid groups (broad SMARTS) is 1. The van der Waals surface area contributed by atoms with Gasteiger partial charge < -0.3 is 10.4 Å². The molecule has 0 saturated carbocycles. The number of amides is 3. The van der Waals surface area contributed by atoms with Gasteiger partial charge in [-0.05, 0) is 6.42 Å². The molecule has 20 heavy (non-hydrogen) atoms. The van der Waals surface area contributed by atoms with Crippen LogP contribution in [-0.2, 0) is 19.2 Å². The maximum atomic E-state index is 11.7. The summed E-state index contributed by atoms with van der Waals surface area (Å²) >= 11 is 0. The van der Waals surface area contributed by atoms with Crippen LogP contribution in [0.25, 0.3) is 0 Å². The Bertz CT molecular complexity index is 469. The van der Waals surface area contributed by atoms with Crippen LogP contribution in [0.2, 0.25) is 0 Å². The summed E-state index contributed by atoms with van der Waals surface area (Å²) in [5.74, 6) is -2.25. The van der Waals surface area contributed by atoms with E-state index in [2.05, 4.69) is 5.32 Å². The third kappa shape index (κ3) is 3.23. The van der Waals surface area contributed by atoms with Crippen molar-refractivity contribution in [3.05, 3.63) is 12.2 Å². The number of carbonyl (C=O) groups is 4. The lowest BCUT2D eigenvalue weighted by Crippen LogP contribution is -2.37. The van der Waals surface area contributed by atoms with Gasteiger partial charge in [-0.1, -0.05) is 12.2 Å². The molecule has 7 heteroatoms. The van der Waals surface area contributed by atoms with Crippen molar-refractivity contribution >= 4 is 23.7 Å². The van der Waals surface area contributed by atoms with E-state index in [0.717, 1.165) is 4.90 Å². The molecule has 108 valence electrons. The first-order valence-electron chi connectivity index (χ1n) is 6.51. The number of imide groups is 1. The van der Waals surface area contributed by atoms with Gasteiger partial charge in [0, 0.05) is 31.8 Å². The van der Waals surface area contributed by atoms with Crippen LogP contribution in [0.5, 0.6) is 0 Å². The maximum absolute atomic E-state index is 11.7. The van der Waals surface area contributed by atoms with Crippen LogP contribution in [0.15, 0.2) is 12.2 Å². The molecule has 1 aliphatic heterocycles. The fourth-order valence-electron chi connectivity index (χ4n) is 2.35. The second-order valence-electron chi connectivity index (χ2n) is 4.93. The monoisotopic (exact) mass is 280 g/mol. The van der Waals surface area contributed by atoms with Crippen molar-refractivity contribution in [1.82, 2.24) is 10.2 Å². The van der Waals surface area contributed by atoms with Gasteiger partial charge in [0.25, 0.3) is 0 Å².